The van der Waals surface area contributed by atoms with Crippen molar-refractivity contribution in [2.45, 2.75) is 32.2 Å². The second-order valence-electron chi connectivity index (χ2n) is 5.30. The predicted molar refractivity (Wildman–Crippen MR) is 62.9 cm³/mol. The summed E-state index contributed by atoms with van der Waals surface area (Å²) in [7, 11) is 0. The molecule has 0 atom stereocenters. The molecule has 15 heavy (non-hydrogen) atoms. The molecule has 0 aromatic rings. The number of nitrogens with two attached hydrogens (primary N) is 1. The predicted octanol–water partition coefficient (Wildman–Crippen LogP) is 0.395. The molecule has 1 fully saturated rings. The summed E-state index contributed by atoms with van der Waals surface area (Å²) in [5.74, 6) is 1.39. The minimum Gasteiger partial charge on any atom is -0.370 e. The van der Waals surface area contributed by atoms with E-state index < -0.39 is 0 Å². The molecule has 1 spiro atoms. The highest BCUT2D eigenvalue weighted by Crippen LogP contribution is 2.25. The van der Waals surface area contributed by atoms with Crippen molar-refractivity contribution in [1.82, 2.24) is 10.2 Å². The Hall–Kier alpha value is -0.770. The Balaban J connectivity index is 1.82. The molecule has 0 saturated carbocycles. The molecule has 2 rings (SSSR count). The highest BCUT2D eigenvalue weighted by molar-refractivity contribution is 5.80. The Bertz CT molecular complexity index is 251. The molecular formula is C11H22N4. The van der Waals surface area contributed by atoms with Crippen LogP contribution in [0.25, 0.3) is 0 Å². The molecule has 2 aliphatic rings. The summed E-state index contributed by atoms with van der Waals surface area (Å²) in [6.07, 6.45) is 2.34. The average molecular weight is 210 g/mol. The van der Waals surface area contributed by atoms with Crippen LogP contribution >= 0.6 is 0 Å². The smallest absolute Gasteiger partial charge is 0.189 e. The fourth-order valence-corrected chi connectivity index (χ4v) is 2.55. The SMILES string of the molecule is CC(C)CN1CCC2(CC1)CN=C(N)N2. The van der Waals surface area contributed by atoms with Gasteiger partial charge in [0.1, 0.15) is 0 Å². The Morgan fingerprint density at radius 3 is 2.60 bits per heavy atom. The van der Waals surface area contributed by atoms with Crippen LogP contribution in [0.1, 0.15) is 26.7 Å². The van der Waals surface area contributed by atoms with Gasteiger partial charge in [-0.05, 0) is 18.8 Å². The van der Waals surface area contributed by atoms with Crippen LogP contribution in [-0.4, -0.2) is 42.6 Å². The highest BCUT2D eigenvalue weighted by Gasteiger charge is 2.37. The van der Waals surface area contributed by atoms with Gasteiger partial charge in [-0.15, -0.1) is 0 Å². The third-order valence-electron chi connectivity index (χ3n) is 3.38. The quantitative estimate of drug-likeness (QED) is 0.693. The van der Waals surface area contributed by atoms with Crippen molar-refractivity contribution in [3.63, 3.8) is 0 Å². The zero-order chi connectivity index (χ0) is 10.9. The van der Waals surface area contributed by atoms with Crippen LogP contribution in [0.2, 0.25) is 0 Å². The number of nitrogens with one attached hydrogen (secondary N) is 1. The molecule has 0 aromatic heterocycles. The summed E-state index contributed by atoms with van der Waals surface area (Å²) in [6, 6.07) is 0. The van der Waals surface area contributed by atoms with Gasteiger partial charge in [-0.1, -0.05) is 13.8 Å². The molecule has 0 bridgehead atoms. The standard InChI is InChI=1S/C11H22N4/c1-9(2)7-15-5-3-11(4-6-15)8-13-10(12)14-11/h9H,3-8H2,1-2H3,(H3,12,13,14). The van der Waals surface area contributed by atoms with E-state index in [2.05, 4.69) is 29.1 Å². The van der Waals surface area contributed by atoms with Gasteiger partial charge in [0.05, 0.1) is 12.1 Å². The van der Waals surface area contributed by atoms with Gasteiger partial charge >= 0.3 is 0 Å². The monoisotopic (exact) mass is 210 g/mol. The number of guanidine groups is 1. The molecule has 2 heterocycles. The molecule has 0 unspecified atom stereocenters. The van der Waals surface area contributed by atoms with E-state index in [4.69, 9.17) is 5.73 Å². The van der Waals surface area contributed by atoms with Crippen LogP contribution in [0.5, 0.6) is 0 Å². The minimum absolute atomic E-state index is 0.192. The van der Waals surface area contributed by atoms with Crippen molar-refractivity contribution >= 4 is 5.96 Å². The second kappa shape index (κ2) is 4.00. The fourth-order valence-electron chi connectivity index (χ4n) is 2.55. The van der Waals surface area contributed by atoms with Crippen LogP contribution in [0.15, 0.2) is 4.99 Å². The highest BCUT2D eigenvalue weighted by atomic mass is 15.2. The van der Waals surface area contributed by atoms with E-state index in [0.717, 1.165) is 12.5 Å². The van der Waals surface area contributed by atoms with Gasteiger partial charge in [0, 0.05) is 19.6 Å². The Morgan fingerprint density at radius 1 is 1.47 bits per heavy atom. The second-order valence-corrected chi connectivity index (χ2v) is 5.30. The number of nitrogens with zero attached hydrogens (tertiary/aromatic N) is 2. The summed E-state index contributed by atoms with van der Waals surface area (Å²) < 4.78 is 0. The zero-order valence-corrected chi connectivity index (χ0v) is 9.79. The number of rotatable bonds is 2. The largest absolute Gasteiger partial charge is 0.370 e. The van der Waals surface area contributed by atoms with Crippen molar-refractivity contribution in [3.05, 3.63) is 0 Å². The molecule has 0 aliphatic carbocycles. The van der Waals surface area contributed by atoms with Crippen LogP contribution < -0.4 is 11.1 Å². The van der Waals surface area contributed by atoms with Gasteiger partial charge in [0.15, 0.2) is 5.96 Å². The molecule has 4 nitrogen and oxygen atoms in total. The zero-order valence-electron chi connectivity index (χ0n) is 9.79. The maximum Gasteiger partial charge on any atom is 0.189 e. The van der Waals surface area contributed by atoms with Gasteiger partial charge in [-0.2, -0.15) is 0 Å². The van der Waals surface area contributed by atoms with Gasteiger partial charge in [-0.3, -0.25) is 4.99 Å². The van der Waals surface area contributed by atoms with E-state index in [1.165, 1.54) is 32.5 Å². The molecule has 4 heteroatoms. The van der Waals surface area contributed by atoms with Gasteiger partial charge in [0.25, 0.3) is 0 Å². The molecule has 0 radical (unpaired) electrons. The minimum atomic E-state index is 0.192. The summed E-state index contributed by atoms with van der Waals surface area (Å²) in [5.41, 5.74) is 5.87. The lowest BCUT2D eigenvalue weighted by Gasteiger charge is -2.39. The van der Waals surface area contributed by atoms with Crippen molar-refractivity contribution in [2.24, 2.45) is 16.6 Å². The summed E-state index contributed by atoms with van der Waals surface area (Å²) >= 11 is 0. The maximum absolute atomic E-state index is 5.68. The molecule has 3 N–H and O–H groups in total. The van der Waals surface area contributed by atoms with Crippen LogP contribution in [0.4, 0.5) is 0 Å². The first-order valence-corrected chi connectivity index (χ1v) is 5.90. The van der Waals surface area contributed by atoms with Gasteiger partial charge in [0.2, 0.25) is 0 Å². The van der Waals surface area contributed by atoms with Crippen molar-refractivity contribution in [3.8, 4) is 0 Å². The third kappa shape index (κ3) is 2.43. The average Bonchev–Trinajstić information content (AvgIpc) is 2.52. The van der Waals surface area contributed by atoms with Crippen LogP contribution in [-0.2, 0) is 0 Å². The molecule has 86 valence electrons. The molecule has 1 saturated heterocycles. The molecule has 0 amide bonds. The number of aliphatic imine (C=N–C) groups is 1. The van der Waals surface area contributed by atoms with E-state index >= 15 is 0 Å². The molecule has 2 aliphatic heterocycles. The van der Waals surface area contributed by atoms with Gasteiger partial charge in [-0.25, -0.2) is 0 Å². The van der Waals surface area contributed by atoms with Crippen LogP contribution in [0, 0.1) is 5.92 Å². The van der Waals surface area contributed by atoms with E-state index in [1.54, 1.807) is 0 Å². The summed E-state index contributed by atoms with van der Waals surface area (Å²) in [4.78, 5) is 6.81. The molecular weight excluding hydrogens is 188 g/mol. The number of likely N-dealkylation sites (tertiary alicyclic amines) is 1. The molecule has 0 aromatic carbocycles. The number of piperidine rings is 1. The number of hydrogen-bond donors (Lipinski definition) is 2. The number of hydrogen-bond acceptors (Lipinski definition) is 4. The van der Waals surface area contributed by atoms with Gasteiger partial charge < -0.3 is 16.0 Å². The van der Waals surface area contributed by atoms with E-state index in [-0.39, 0.29) is 5.54 Å². The van der Waals surface area contributed by atoms with E-state index in [1.807, 2.05) is 0 Å². The lowest BCUT2D eigenvalue weighted by Crippen LogP contribution is -2.55. The normalized spacial score (nSPS) is 25.7. The summed E-state index contributed by atoms with van der Waals surface area (Å²) in [5, 5.41) is 3.34. The Morgan fingerprint density at radius 2 is 2.13 bits per heavy atom. The van der Waals surface area contributed by atoms with Crippen molar-refractivity contribution < 1.29 is 0 Å². The lowest BCUT2D eigenvalue weighted by atomic mass is 9.88. The van der Waals surface area contributed by atoms with Crippen LogP contribution in [0.3, 0.4) is 0 Å². The van der Waals surface area contributed by atoms with Crippen molar-refractivity contribution in [1.29, 1.82) is 0 Å². The van der Waals surface area contributed by atoms with E-state index in [9.17, 15) is 0 Å². The first-order valence-electron chi connectivity index (χ1n) is 5.90. The topological polar surface area (TPSA) is 53.6 Å². The van der Waals surface area contributed by atoms with E-state index in [0.29, 0.717) is 5.96 Å². The fraction of sp³-hybridized carbons (Fsp3) is 0.909. The third-order valence-corrected chi connectivity index (χ3v) is 3.38. The Kier molecular flexibility index (Phi) is 2.87. The summed E-state index contributed by atoms with van der Waals surface area (Å²) in [6.45, 7) is 8.99. The first kappa shape index (κ1) is 10.7. The van der Waals surface area contributed by atoms with Crippen molar-refractivity contribution in [2.75, 3.05) is 26.2 Å². The lowest BCUT2D eigenvalue weighted by molar-refractivity contribution is 0.146. The Labute approximate surface area is 91.9 Å². The first-order chi connectivity index (χ1) is 7.10. The maximum atomic E-state index is 5.68.